The van der Waals surface area contributed by atoms with Crippen LogP contribution in [0.5, 0.6) is 0 Å². The Kier molecular flexibility index (Phi) is 5.14. The fraction of sp³-hybridized carbons (Fsp3) is 0.200. The van der Waals surface area contributed by atoms with Crippen LogP contribution in [0.1, 0.15) is 34.2 Å². The minimum Gasteiger partial charge on any atom is -0.322 e. The van der Waals surface area contributed by atoms with E-state index in [1.165, 1.54) is 11.3 Å². The molecule has 28 heavy (non-hydrogen) atoms. The van der Waals surface area contributed by atoms with Crippen LogP contribution in [0.25, 0.3) is 11.0 Å². The summed E-state index contributed by atoms with van der Waals surface area (Å²) in [5, 5.41) is 5.35. The Balaban J connectivity index is 1.61. The van der Waals surface area contributed by atoms with E-state index in [1.807, 2.05) is 54.0 Å². The lowest BCUT2D eigenvalue weighted by molar-refractivity contribution is 0.102. The molecule has 142 valence electrons. The molecular weight excluding hydrogens is 372 g/mol. The molecular formula is C20H20N6OS. The van der Waals surface area contributed by atoms with Gasteiger partial charge in [-0.15, -0.1) is 11.3 Å². The average Bonchev–Trinajstić information content (AvgIpc) is 3.32. The second kappa shape index (κ2) is 7.87. The first kappa shape index (κ1) is 18.3. The van der Waals surface area contributed by atoms with Gasteiger partial charge in [-0.05, 0) is 31.2 Å². The summed E-state index contributed by atoms with van der Waals surface area (Å²) in [7, 11) is 0. The number of hydrogen-bond donors (Lipinski definition) is 2. The topological polar surface area (TPSA) is 98.7 Å². The number of hydrogen-bond acceptors (Lipinski definition) is 6. The van der Waals surface area contributed by atoms with Crippen molar-refractivity contribution in [1.82, 2.24) is 19.5 Å². The van der Waals surface area contributed by atoms with Crippen LogP contribution in [0.3, 0.4) is 0 Å². The second-order valence-corrected chi connectivity index (χ2v) is 7.35. The molecule has 0 radical (unpaired) electrons. The molecule has 1 amide bonds. The summed E-state index contributed by atoms with van der Waals surface area (Å²) in [5.41, 5.74) is 8.96. The number of pyridine rings is 1. The van der Waals surface area contributed by atoms with Gasteiger partial charge in [0.15, 0.2) is 0 Å². The normalized spacial score (nSPS) is 12.2. The zero-order chi connectivity index (χ0) is 19.5. The fourth-order valence-electron chi connectivity index (χ4n) is 2.94. The minimum absolute atomic E-state index is 0.200. The monoisotopic (exact) mass is 392 g/mol. The van der Waals surface area contributed by atoms with Crippen molar-refractivity contribution in [2.24, 2.45) is 5.73 Å². The highest BCUT2D eigenvalue weighted by Crippen LogP contribution is 2.22. The molecule has 3 heterocycles. The van der Waals surface area contributed by atoms with Crippen molar-refractivity contribution in [3.8, 4) is 0 Å². The highest BCUT2D eigenvalue weighted by atomic mass is 32.1. The number of carbonyl (C=O) groups excluding carboxylic acids is 1. The zero-order valence-corrected chi connectivity index (χ0v) is 16.2. The maximum atomic E-state index is 12.7. The number of nitrogens with two attached hydrogens (primary N) is 1. The van der Waals surface area contributed by atoms with E-state index in [2.05, 4.69) is 20.3 Å². The van der Waals surface area contributed by atoms with Crippen molar-refractivity contribution in [3.63, 3.8) is 0 Å². The number of nitrogens with one attached hydrogen (secondary N) is 1. The van der Waals surface area contributed by atoms with Crippen molar-refractivity contribution in [3.05, 3.63) is 70.4 Å². The first-order valence-corrected chi connectivity index (χ1v) is 9.87. The summed E-state index contributed by atoms with van der Waals surface area (Å²) < 4.78 is 2.00. The van der Waals surface area contributed by atoms with Gasteiger partial charge in [-0.25, -0.2) is 9.97 Å². The van der Waals surface area contributed by atoms with Crippen LogP contribution < -0.4 is 11.1 Å². The number of aromatic nitrogens is 4. The Labute approximate surface area is 166 Å². The van der Waals surface area contributed by atoms with Gasteiger partial charge >= 0.3 is 0 Å². The number of nitrogens with zero attached hydrogens (tertiary/aromatic N) is 4. The number of rotatable bonds is 6. The van der Waals surface area contributed by atoms with Gasteiger partial charge in [-0.3, -0.25) is 15.1 Å². The first-order chi connectivity index (χ1) is 13.6. The van der Waals surface area contributed by atoms with Crippen molar-refractivity contribution >= 4 is 34.2 Å². The molecule has 0 saturated carbocycles. The second-order valence-electron chi connectivity index (χ2n) is 6.46. The molecule has 1 aromatic carbocycles. The van der Waals surface area contributed by atoms with E-state index in [9.17, 15) is 4.79 Å². The molecule has 1 atom stereocenters. The molecule has 0 aliphatic rings. The third kappa shape index (κ3) is 3.78. The molecule has 4 aromatic rings. The lowest BCUT2D eigenvalue weighted by Crippen LogP contribution is -2.17. The fourth-order valence-corrected chi connectivity index (χ4v) is 3.69. The molecule has 0 aliphatic heterocycles. The molecule has 0 aliphatic carbocycles. The summed E-state index contributed by atoms with van der Waals surface area (Å²) in [4.78, 5) is 26.0. The van der Waals surface area contributed by atoms with Gasteiger partial charge in [0, 0.05) is 30.2 Å². The number of carbonyl (C=O) groups is 1. The smallest absolute Gasteiger partial charge is 0.277 e. The van der Waals surface area contributed by atoms with E-state index in [0.29, 0.717) is 18.2 Å². The van der Waals surface area contributed by atoms with Crippen LogP contribution in [0, 0.1) is 0 Å². The highest BCUT2D eigenvalue weighted by Gasteiger charge is 2.17. The summed E-state index contributed by atoms with van der Waals surface area (Å²) in [6, 6.07) is 13.5. The van der Waals surface area contributed by atoms with Gasteiger partial charge < -0.3 is 10.3 Å². The van der Waals surface area contributed by atoms with Gasteiger partial charge in [0.25, 0.3) is 5.91 Å². The molecule has 1 unspecified atom stereocenters. The van der Waals surface area contributed by atoms with E-state index in [1.54, 1.807) is 11.6 Å². The predicted molar refractivity (Wildman–Crippen MR) is 110 cm³/mol. The lowest BCUT2D eigenvalue weighted by atomic mass is 10.2. The molecule has 0 spiro atoms. The SMILES string of the molecule is CC(N)c1nc(C(=O)Nc2nc3ccccc3n2CCc2ccccn2)cs1. The molecule has 0 bridgehead atoms. The summed E-state index contributed by atoms with van der Waals surface area (Å²) in [6.07, 6.45) is 2.51. The van der Waals surface area contributed by atoms with Crippen LogP contribution in [-0.4, -0.2) is 25.4 Å². The van der Waals surface area contributed by atoms with Crippen LogP contribution >= 0.6 is 11.3 Å². The average molecular weight is 392 g/mol. The highest BCUT2D eigenvalue weighted by molar-refractivity contribution is 7.09. The molecule has 3 N–H and O–H groups in total. The van der Waals surface area contributed by atoms with Crippen molar-refractivity contribution in [1.29, 1.82) is 0 Å². The number of amides is 1. The van der Waals surface area contributed by atoms with E-state index < -0.39 is 0 Å². The first-order valence-electron chi connectivity index (χ1n) is 8.99. The van der Waals surface area contributed by atoms with Gasteiger partial charge in [-0.2, -0.15) is 0 Å². The Hall–Kier alpha value is -3.10. The number of anilines is 1. The number of fused-ring (bicyclic) bond motifs is 1. The molecule has 0 saturated heterocycles. The van der Waals surface area contributed by atoms with E-state index in [-0.39, 0.29) is 11.9 Å². The third-order valence-electron chi connectivity index (χ3n) is 4.34. The molecule has 3 aromatic heterocycles. The van der Waals surface area contributed by atoms with Crippen molar-refractivity contribution in [2.45, 2.75) is 25.9 Å². The zero-order valence-electron chi connectivity index (χ0n) is 15.4. The number of aryl methyl sites for hydroxylation is 2. The Morgan fingerprint density at radius 3 is 2.79 bits per heavy atom. The molecule has 4 rings (SSSR count). The van der Waals surface area contributed by atoms with Crippen LogP contribution in [0.4, 0.5) is 5.95 Å². The lowest BCUT2D eigenvalue weighted by Gasteiger charge is -2.09. The van der Waals surface area contributed by atoms with Gasteiger partial charge in [-0.1, -0.05) is 18.2 Å². The van der Waals surface area contributed by atoms with Crippen LogP contribution in [0.15, 0.2) is 54.0 Å². The largest absolute Gasteiger partial charge is 0.322 e. The summed E-state index contributed by atoms with van der Waals surface area (Å²) in [5.74, 6) is 0.204. The Morgan fingerprint density at radius 1 is 1.21 bits per heavy atom. The number of imidazole rings is 1. The molecule has 7 nitrogen and oxygen atoms in total. The molecule has 8 heteroatoms. The Morgan fingerprint density at radius 2 is 2.04 bits per heavy atom. The Bertz CT molecular complexity index is 1100. The minimum atomic E-state index is -0.294. The number of benzene rings is 1. The standard InChI is InChI=1S/C20H20N6OS/c1-13(21)19-23-16(12-28-19)18(27)25-20-24-15-7-2-3-8-17(15)26(20)11-9-14-6-4-5-10-22-14/h2-8,10,12-13H,9,11,21H2,1H3,(H,24,25,27). The van der Waals surface area contributed by atoms with Gasteiger partial charge in [0.1, 0.15) is 10.7 Å². The summed E-state index contributed by atoms with van der Waals surface area (Å²) in [6.45, 7) is 2.49. The van der Waals surface area contributed by atoms with Crippen molar-refractivity contribution < 1.29 is 4.79 Å². The third-order valence-corrected chi connectivity index (χ3v) is 5.39. The predicted octanol–water partition coefficient (Wildman–Crippen LogP) is 3.40. The van der Waals surface area contributed by atoms with E-state index >= 15 is 0 Å². The number of thiazole rings is 1. The van der Waals surface area contributed by atoms with Crippen LogP contribution in [0.2, 0.25) is 0 Å². The van der Waals surface area contributed by atoms with Gasteiger partial charge in [0.05, 0.1) is 17.1 Å². The van der Waals surface area contributed by atoms with Crippen LogP contribution in [-0.2, 0) is 13.0 Å². The van der Waals surface area contributed by atoms with E-state index in [0.717, 1.165) is 28.2 Å². The maximum Gasteiger partial charge on any atom is 0.277 e. The van der Waals surface area contributed by atoms with E-state index in [4.69, 9.17) is 5.73 Å². The maximum absolute atomic E-state index is 12.7. The number of para-hydroxylation sites is 2. The van der Waals surface area contributed by atoms with Gasteiger partial charge in [0.2, 0.25) is 5.95 Å². The van der Waals surface area contributed by atoms with Crippen molar-refractivity contribution in [2.75, 3.05) is 5.32 Å². The quantitative estimate of drug-likeness (QED) is 0.524. The molecule has 0 fully saturated rings. The summed E-state index contributed by atoms with van der Waals surface area (Å²) >= 11 is 1.38.